The molecular formula is C20H21Cl2FN2O3S. The number of halogens is 3. The summed E-state index contributed by atoms with van der Waals surface area (Å²) in [7, 11) is -4.27. The van der Waals surface area contributed by atoms with Gasteiger partial charge in [-0.3, -0.25) is 9.10 Å². The van der Waals surface area contributed by atoms with E-state index in [1.807, 2.05) is 0 Å². The van der Waals surface area contributed by atoms with Crippen LogP contribution in [0.15, 0.2) is 47.4 Å². The number of sulfonamides is 1. The first-order chi connectivity index (χ1) is 13.7. The van der Waals surface area contributed by atoms with Crippen molar-refractivity contribution >= 4 is 44.8 Å². The van der Waals surface area contributed by atoms with Gasteiger partial charge in [0.25, 0.3) is 10.0 Å². The number of carbonyl (C=O) groups excluding carboxylic acids is 1. The molecule has 1 fully saturated rings. The van der Waals surface area contributed by atoms with E-state index < -0.39 is 27.8 Å². The summed E-state index contributed by atoms with van der Waals surface area (Å²) in [6.45, 7) is 1.43. The molecule has 0 unspecified atom stereocenters. The van der Waals surface area contributed by atoms with E-state index in [2.05, 4.69) is 5.32 Å². The number of rotatable bonds is 6. The lowest BCUT2D eigenvalue weighted by atomic mass is 10.2. The molecule has 2 aromatic carbocycles. The Hall–Kier alpha value is -1.83. The van der Waals surface area contributed by atoms with Gasteiger partial charge in [0, 0.05) is 16.1 Å². The van der Waals surface area contributed by atoms with Gasteiger partial charge in [0.15, 0.2) is 0 Å². The Labute approximate surface area is 179 Å². The van der Waals surface area contributed by atoms with Crippen molar-refractivity contribution in [3.8, 4) is 0 Å². The molecule has 0 spiro atoms. The van der Waals surface area contributed by atoms with Crippen molar-refractivity contribution in [2.24, 2.45) is 0 Å². The molecule has 1 amide bonds. The Morgan fingerprint density at radius 2 is 1.69 bits per heavy atom. The number of benzene rings is 2. The van der Waals surface area contributed by atoms with Crippen LogP contribution in [-0.2, 0) is 14.8 Å². The maximum atomic E-state index is 14.6. The van der Waals surface area contributed by atoms with Crippen molar-refractivity contribution in [1.29, 1.82) is 0 Å². The molecule has 0 aromatic heterocycles. The van der Waals surface area contributed by atoms with E-state index in [1.165, 1.54) is 43.3 Å². The van der Waals surface area contributed by atoms with Crippen LogP contribution in [0.2, 0.25) is 10.0 Å². The molecule has 0 aliphatic heterocycles. The van der Waals surface area contributed by atoms with Crippen LogP contribution in [0.4, 0.5) is 10.1 Å². The van der Waals surface area contributed by atoms with E-state index in [4.69, 9.17) is 23.2 Å². The maximum absolute atomic E-state index is 14.6. The second-order valence-electron chi connectivity index (χ2n) is 7.02. The minimum atomic E-state index is -4.27. The smallest absolute Gasteiger partial charge is 0.265 e. The lowest BCUT2D eigenvalue weighted by Crippen LogP contribution is -2.50. The van der Waals surface area contributed by atoms with Crippen molar-refractivity contribution in [3.63, 3.8) is 0 Å². The van der Waals surface area contributed by atoms with Crippen LogP contribution < -0.4 is 9.62 Å². The third-order valence-corrected chi connectivity index (χ3v) is 7.33. The molecule has 0 heterocycles. The molecule has 1 aliphatic carbocycles. The van der Waals surface area contributed by atoms with Gasteiger partial charge in [0.05, 0.1) is 10.6 Å². The van der Waals surface area contributed by atoms with Crippen LogP contribution in [-0.4, -0.2) is 26.4 Å². The number of carbonyl (C=O) groups is 1. The summed E-state index contributed by atoms with van der Waals surface area (Å²) in [5, 5.41) is 3.39. The number of nitrogens with one attached hydrogen (secondary N) is 1. The largest absolute Gasteiger partial charge is 0.352 e. The molecule has 2 aromatic rings. The number of nitrogens with zero attached hydrogens (tertiary/aromatic N) is 1. The predicted molar refractivity (Wildman–Crippen MR) is 112 cm³/mol. The summed E-state index contributed by atoms with van der Waals surface area (Å²) in [5.74, 6) is -1.29. The molecule has 156 valence electrons. The molecular weight excluding hydrogens is 438 g/mol. The van der Waals surface area contributed by atoms with Gasteiger partial charge in [-0.15, -0.1) is 0 Å². The first-order valence-electron chi connectivity index (χ1n) is 9.25. The van der Waals surface area contributed by atoms with Gasteiger partial charge >= 0.3 is 0 Å². The number of anilines is 1. The van der Waals surface area contributed by atoms with Gasteiger partial charge < -0.3 is 5.32 Å². The zero-order valence-electron chi connectivity index (χ0n) is 15.7. The van der Waals surface area contributed by atoms with E-state index >= 15 is 0 Å². The van der Waals surface area contributed by atoms with E-state index in [-0.39, 0.29) is 21.6 Å². The van der Waals surface area contributed by atoms with Crippen LogP contribution in [0.1, 0.15) is 32.6 Å². The Bertz CT molecular complexity index is 993. The number of amides is 1. The van der Waals surface area contributed by atoms with Crippen molar-refractivity contribution in [1.82, 2.24) is 5.32 Å². The van der Waals surface area contributed by atoms with Gasteiger partial charge in [-0.1, -0.05) is 36.0 Å². The zero-order valence-corrected chi connectivity index (χ0v) is 18.1. The third kappa shape index (κ3) is 4.85. The molecule has 1 atom stereocenters. The molecule has 1 N–H and O–H groups in total. The fourth-order valence-corrected chi connectivity index (χ4v) is 5.33. The lowest BCUT2D eigenvalue weighted by molar-refractivity contribution is -0.122. The topological polar surface area (TPSA) is 66.5 Å². The second-order valence-corrected chi connectivity index (χ2v) is 9.70. The zero-order chi connectivity index (χ0) is 21.2. The summed E-state index contributed by atoms with van der Waals surface area (Å²) in [6, 6.07) is 7.86. The Kier molecular flexibility index (Phi) is 6.71. The molecule has 0 saturated heterocycles. The molecule has 1 saturated carbocycles. The highest BCUT2D eigenvalue weighted by Gasteiger charge is 2.36. The first-order valence-corrected chi connectivity index (χ1v) is 11.4. The highest BCUT2D eigenvalue weighted by atomic mass is 35.5. The Morgan fingerprint density at radius 3 is 2.31 bits per heavy atom. The van der Waals surface area contributed by atoms with Crippen LogP contribution in [0.25, 0.3) is 0 Å². The van der Waals surface area contributed by atoms with Crippen molar-refractivity contribution in [2.45, 2.75) is 49.6 Å². The molecule has 0 bridgehead atoms. The van der Waals surface area contributed by atoms with E-state index in [0.717, 1.165) is 36.1 Å². The fourth-order valence-electron chi connectivity index (χ4n) is 3.42. The van der Waals surface area contributed by atoms with Crippen LogP contribution >= 0.6 is 23.2 Å². The van der Waals surface area contributed by atoms with Crippen LogP contribution in [0, 0.1) is 5.82 Å². The van der Waals surface area contributed by atoms with Gasteiger partial charge in [-0.25, -0.2) is 12.8 Å². The first kappa shape index (κ1) is 21.9. The average molecular weight is 459 g/mol. The number of hydrogen-bond acceptors (Lipinski definition) is 3. The van der Waals surface area contributed by atoms with Gasteiger partial charge in [0.1, 0.15) is 11.9 Å². The van der Waals surface area contributed by atoms with Crippen molar-refractivity contribution in [3.05, 3.63) is 58.3 Å². The summed E-state index contributed by atoms with van der Waals surface area (Å²) in [4.78, 5) is 12.7. The molecule has 29 heavy (non-hydrogen) atoms. The molecule has 1 aliphatic rings. The van der Waals surface area contributed by atoms with E-state index in [1.54, 1.807) is 0 Å². The fraction of sp³-hybridized carbons (Fsp3) is 0.350. The van der Waals surface area contributed by atoms with Gasteiger partial charge in [-0.05, 0) is 62.2 Å². The van der Waals surface area contributed by atoms with Crippen LogP contribution in [0.3, 0.4) is 0 Å². The van der Waals surface area contributed by atoms with Gasteiger partial charge in [-0.2, -0.15) is 0 Å². The monoisotopic (exact) mass is 458 g/mol. The van der Waals surface area contributed by atoms with E-state index in [9.17, 15) is 17.6 Å². The summed E-state index contributed by atoms with van der Waals surface area (Å²) < 4.78 is 42.2. The highest BCUT2D eigenvalue weighted by molar-refractivity contribution is 7.93. The molecule has 0 radical (unpaired) electrons. The van der Waals surface area contributed by atoms with Crippen molar-refractivity contribution in [2.75, 3.05) is 4.31 Å². The predicted octanol–water partition coefficient (Wildman–Crippen LogP) is 4.78. The van der Waals surface area contributed by atoms with Crippen LogP contribution in [0.5, 0.6) is 0 Å². The normalized spacial score (nSPS) is 15.9. The minimum absolute atomic E-state index is 0.00533. The lowest BCUT2D eigenvalue weighted by Gasteiger charge is -2.31. The molecule has 3 rings (SSSR count). The Morgan fingerprint density at radius 1 is 1.10 bits per heavy atom. The van der Waals surface area contributed by atoms with E-state index in [0.29, 0.717) is 5.02 Å². The Balaban J connectivity index is 2.04. The minimum Gasteiger partial charge on any atom is -0.352 e. The standard InChI is InChI=1S/C20H21Cl2FN2O3S/c1-13(20(26)24-16-4-2-3-5-16)25(19-12-15(22)8-11-18(19)23)29(27,28)17-9-6-14(21)7-10-17/h6-13,16H,2-5H2,1H3,(H,24,26)/t13-/m1/s1. The quantitative estimate of drug-likeness (QED) is 0.677. The molecule has 5 nitrogen and oxygen atoms in total. The average Bonchev–Trinajstić information content (AvgIpc) is 3.18. The summed E-state index contributed by atoms with van der Waals surface area (Å²) in [5.41, 5.74) is -0.290. The SMILES string of the molecule is C[C@H](C(=O)NC1CCCC1)N(c1cc(Cl)ccc1F)S(=O)(=O)c1ccc(Cl)cc1. The van der Waals surface area contributed by atoms with Crippen molar-refractivity contribution < 1.29 is 17.6 Å². The number of hydrogen-bond donors (Lipinski definition) is 1. The molecule has 9 heteroatoms. The second kappa shape index (κ2) is 8.90. The third-order valence-electron chi connectivity index (χ3n) is 4.95. The maximum Gasteiger partial charge on any atom is 0.265 e. The van der Waals surface area contributed by atoms with Gasteiger partial charge in [0.2, 0.25) is 5.91 Å². The highest BCUT2D eigenvalue weighted by Crippen LogP contribution is 2.31. The summed E-state index contributed by atoms with van der Waals surface area (Å²) >= 11 is 11.9. The summed E-state index contributed by atoms with van der Waals surface area (Å²) in [6.07, 6.45) is 3.70.